The topological polar surface area (TPSA) is 58.2 Å². The van der Waals surface area contributed by atoms with Crippen LogP contribution >= 0.6 is 15.9 Å². The van der Waals surface area contributed by atoms with Gasteiger partial charge >= 0.3 is 0 Å². The first-order valence-electron chi connectivity index (χ1n) is 7.94. The van der Waals surface area contributed by atoms with Crippen molar-refractivity contribution >= 4 is 27.7 Å². The molecule has 1 aliphatic rings. The average Bonchev–Trinajstić information content (AvgIpc) is 2.74. The van der Waals surface area contributed by atoms with Crippen LogP contribution in [0, 0.1) is 0 Å². The summed E-state index contributed by atoms with van der Waals surface area (Å²) in [5, 5.41) is 5.72. The molecular formula is C17H23BrN2O2. The molecule has 0 bridgehead atoms. The van der Waals surface area contributed by atoms with Crippen LogP contribution in [0.3, 0.4) is 0 Å². The second-order valence-electron chi connectivity index (χ2n) is 5.84. The fourth-order valence-corrected chi connectivity index (χ4v) is 3.22. The molecule has 0 heterocycles. The summed E-state index contributed by atoms with van der Waals surface area (Å²) in [5.74, 6) is -0.219. The van der Waals surface area contributed by atoms with Gasteiger partial charge in [-0.3, -0.25) is 9.59 Å². The Morgan fingerprint density at radius 3 is 2.50 bits per heavy atom. The van der Waals surface area contributed by atoms with E-state index in [1.165, 1.54) is 25.7 Å². The molecule has 1 fully saturated rings. The Kier molecular flexibility index (Phi) is 6.90. The molecule has 0 radical (unpaired) electrons. The van der Waals surface area contributed by atoms with Crippen molar-refractivity contribution < 1.29 is 9.59 Å². The lowest BCUT2D eigenvalue weighted by Gasteiger charge is -2.16. The molecule has 0 atom stereocenters. The Balaban J connectivity index is 1.70. The second-order valence-corrected chi connectivity index (χ2v) is 6.76. The molecule has 1 aliphatic carbocycles. The molecule has 1 aromatic rings. The van der Waals surface area contributed by atoms with E-state index in [2.05, 4.69) is 26.6 Å². The monoisotopic (exact) mass is 366 g/mol. The van der Waals surface area contributed by atoms with Crippen molar-refractivity contribution in [2.24, 2.45) is 0 Å². The number of carbonyl (C=O) groups is 2. The van der Waals surface area contributed by atoms with E-state index in [1.54, 1.807) is 0 Å². The van der Waals surface area contributed by atoms with Crippen molar-refractivity contribution in [2.75, 3.05) is 6.54 Å². The second kappa shape index (κ2) is 8.93. The number of halogens is 1. The summed E-state index contributed by atoms with van der Waals surface area (Å²) in [6.45, 7) is 0.0589. The standard InChI is InChI=1S/C17H23BrN2O2/c18-14-7-5-6-13(10-14)11-16(21)19-12-17(22)20-15-8-3-1-2-4-9-15/h5-7,10,15H,1-4,8-9,11-12H2,(H,19,21)(H,20,22). The van der Waals surface area contributed by atoms with E-state index in [0.717, 1.165) is 22.9 Å². The highest BCUT2D eigenvalue weighted by Gasteiger charge is 2.15. The quantitative estimate of drug-likeness (QED) is 0.787. The van der Waals surface area contributed by atoms with Crippen molar-refractivity contribution in [3.8, 4) is 0 Å². The first-order chi connectivity index (χ1) is 10.6. The predicted molar refractivity (Wildman–Crippen MR) is 90.5 cm³/mol. The van der Waals surface area contributed by atoms with Gasteiger partial charge in [0.15, 0.2) is 0 Å². The third-order valence-electron chi connectivity index (χ3n) is 3.92. The van der Waals surface area contributed by atoms with Crippen LogP contribution in [0.4, 0.5) is 0 Å². The van der Waals surface area contributed by atoms with Gasteiger partial charge in [-0.2, -0.15) is 0 Å². The minimum atomic E-state index is -0.130. The molecule has 0 aliphatic heterocycles. The zero-order chi connectivity index (χ0) is 15.8. The lowest BCUT2D eigenvalue weighted by Crippen LogP contribution is -2.42. The molecule has 2 amide bonds. The van der Waals surface area contributed by atoms with Gasteiger partial charge in [0.2, 0.25) is 11.8 Å². The van der Waals surface area contributed by atoms with Gasteiger partial charge < -0.3 is 10.6 Å². The maximum Gasteiger partial charge on any atom is 0.239 e. The Hall–Kier alpha value is -1.36. The van der Waals surface area contributed by atoms with E-state index in [9.17, 15) is 9.59 Å². The van der Waals surface area contributed by atoms with E-state index in [-0.39, 0.29) is 30.8 Å². The van der Waals surface area contributed by atoms with Gasteiger partial charge in [-0.1, -0.05) is 53.7 Å². The van der Waals surface area contributed by atoms with Crippen LogP contribution in [0.15, 0.2) is 28.7 Å². The number of rotatable bonds is 5. The largest absolute Gasteiger partial charge is 0.352 e. The van der Waals surface area contributed by atoms with Crippen LogP contribution in [-0.2, 0) is 16.0 Å². The van der Waals surface area contributed by atoms with Crippen LogP contribution in [-0.4, -0.2) is 24.4 Å². The minimum Gasteiger partial charge on any atom is -0.352 e. The molecule has 2 N–H and O–H groups in total. The van der Waals surface area contributed by atoms with Crippen molar-refractivity contribution in [1.82, 2.24) is 10.6 Å². The number of carbonyl (C=O) groups excluding carboxylic acids is 2. The van der Waals surface area contributed by atoms with E-state index in [0.29, 0.717) is 0 Å². The first-order valence-corrected chi connectivity index (χ1v) is 8.73. The lowest BCUT2D eigenvalue weighted by molar-refractivity contribution is -0.126. The molecule has 2 rings (SSSR count). The van der Waals surface area contributed by atoms with Gasteiger partial charge in [0.25, 0.3) is 0 Å². The molecule has 1 saturated carbocycles. The summed E-state index contributed by atoms with van der Waals surface area (Å²) in [7, 11) is 0. The summed E-state index contributed by atoms with van der Waals surface area (Å²) in [6.07, 6.45) is 7.28. The summed E-state index contributed by atoms with van der Waals surface area (Å²) in [4.78, 5) is 23.8. The zero-order valence-corrected chi connectivity index (χ0v) is 14.3. The van der Waals surface area contributed by atoms with E-state index in [4.69, 9.17) is 0 Å². The molecule has 0 spiro atoms. The SMILES string of the molecule is O=C(Cc1cccc(Br)c1)NCC(=O)NC1CCCCCC1. The van der Waals surface area contributed by atoms with Gasteiger partial charge in [0, 0.05) is 10.5 Å². The highest BCUT2D eigenvalue weighted by Crippen LogP contribution is 2.17. The van der Waals surface area contributed by atoms with Crippen LogP contribution in [0.1, 0.15) is 44.1 Å². The Morgan fingerprint density at radius 2 is 1.82 bits per heavy atom. The summed E-state index contributed by atoms with van der Waals surface area (Å²) in [5.41, 5.74) is 0.927. The van der Waals surface area contributed by atoms with Gasteiger partial charge in [-0.05, 0) is 30.5 Å². The first kappa shape index (κ1) is 17.0. The maximum absolute atomic E-state index is 11.9. The van der Waals surface area contributed by atoms with Crippen molar-refractivity contribution in [3.05, 3.63) is 34.3 Å². The highest BCUT2D eigenvalue weighted by atomic mass is 79.9. The number of benzene rings is 1. The molecule has 120 valence electrons. The van der Waals surface area contributed by atoms with Gasteiger partial charge in [-0.15, -0.1) is 0 Å². The fraction of sp³-hybridized carbons (Fsp3) is 0.529. The molecule has 5 heteroatoms. The molecule has 4 nitrogen and oxygen atoms in total. The van der Waals surface area contributed by atoms with Gasteiger partial charge in [0.05, 0.1) is 13.0 Å². The average molecular weight is 367 g/mol. The minimum absolute atomic E-state index is 0.0589. The number of hydrogen-bond donors (Lipinski definition) is 2. The summed E-state index contributed by atoms with van der Waals surface area (Å²) in [6, 6.07) is 7.89. The van der Waals surface area contributed by atoms with Crippen LogP contribution < -0.4 is 10.6 Å². The van der Waals surface area contributed by atoms with E-state index < -0.39 is 0 Å². The maximum atomic E-state index is 11.9. The number of amides is 2. The third-order valence-corrected chi connectivity index (χ3v) is 4.41. The molecule has 22 heavy (non-hydrogen) atoms. The predicted octanol–water partition coefficient (Wildman–Crippen LogP) is 2.95. The number of hydrogen-bond acceptors (Lipinski definition) is 2. The van der Waals surface area contributed by atoms with E-state index >= 15 is 0 Å². The highest BCUT2D eigenvalue weighted by molar-refractivity contribution is 9.10. The van der Waals surface area contributed by atoms with Crippen LogP contribution in [0.25, 0.3) is 0 Å². The Labute approximate surface area is 140 Å². The lowest BCUT2D eigenvalue weighted by atomic mass is 10.1. The molecule has 0 unspecified atom stereocenters. The zero-order valence-electron chi connectivity index (χ0n) is 12.7. The Bertz CT molecular complexity index is 511. The van der Waals surface area contributed by atoms with Crippen molar-refractivity contribution in [2.45, 2.75) is 51.0 Å². The van der Waals surface area contributed by atoms with Gasteiger partial charge in [-0.25, -0.2) is 0 Å². The van der Waals surface area contributed by atoms with Crippen molar-refractivity contribution in [1.29, 1.82) is 0 Å². The Morgan fingerprint density at radius 1 is 1.09 bits per heavy atom. The van der Waals surface area contributed by atoms with Crippen molar-refractivity contribution in [3.63, 3.8) is 0 Å². The molecular weight excluding hydrogens is 344 g/mol. The van der Waals surface area contributed by atoms with Crippen LogP contribution in [0.5, 0.6) is 0 Å². The summed E-state index contributed by atoms with van der Waals surface area (Å²) >= 11 is 3.38. The van der Waals surface area contributed by atoms with E-state index in [1.807, 2.05) is 24.3 Å². The normalized spacial score (nSPS) is 15.9. The number of nitrogens with one attached hydrogen (secondary N) is 2. The van der Waals surface area contributed by atoms with Gasteiger partial charge in [0.1, 0.15) is 0 Å². The molecule has 0 aromatic heterocycles. The van der Waals surface area contributed by atoms with Crippen LogP contribution in [0.2, 0.25) is 0 Å². The third kappa shape index (κ3) is 6.18. The smallest absolute Gasteiger partial charge is 0.239 e. The fourth-order valence-electron chi connectivity index (χ4n) is 2.78. The molecule has 0 saturated heterocycles. The molecule has 1 aromatic carbocycles. The summed E-state index contributed by atoms with van der Waals surface area (Å²) < 4.78 is 0.948.